The summed E-state index contributed by atoms with van der Waals surface area (Å²) in [4.78, 5) is 2.24. The van der Waals surface area contributed by atoms with Gasteiger partial charge in [-0.05, 0) is 44.1 Å². The second kappa shape index (κ2) is 9.33. The maximum atomic E-state index is 10.8. The molecule has 0 aromatic rings. The molecule has 3 nitrogen and oxygen atoms in total. The van der Waals surface area contributed by atoms with E-state index in [2.05, 4.69) is 18.1 Å². The van der Waals surface area contributed by atoms with Crippen LogP contribution in [-0.2, 0) is 4.74 Å². The maximum absolute atomic E-state index is 10.8. The van der Waals surface area contributed by atoms with Crippen LogP contribution < -0.4 is 0 Å². The van der Waals surface area contributed by atoms with Crippen molar-refractivity contribution < 1.29 is 9.84 Å². The van der Waals surface area contributed by atoms with Crippen LogP contribution in [0.1, 0.15) is 20.8 Å². The Balaban J connectivity index is 2.92. The van der Waals surface area contributed by atoms with E-state index in [9.17, 15) is 5.11 Å². The second-order valence-electron chi connectivity index (χ2n) is 5.79. The van der Waals surface area contributed by atoms with Crippen LogP contribution >= 0.6 is 0 Å². The van der Waals surface area contributed by atoms with Gasteiger partial charge < -0.3 is 14.7 Å². The second-order valence-corrected chi connectivity index (χ2v) is 5.79. The molecule has 126 valence electrons. The van der Waals surface area contributed by atoms with E-state index in [1.807, 2.05) is 57.2 Å². The summed E-state index contributed by atoms with van der Waals surface area (Å²) in [6, 6.07) is 0. The minimum absolute atomic E-state index is 0.739. The largest absolute Gasteiger partial charge is 0.381 e. The molecule has 0 saturated carbocycles. The van der Waals surface area contributed by atoms with Crippen LogP contribution in [0.4, 0.5) is 0 Å². The number of allylic oxidation sites excluding steroid dienone is 7. The molecule has 23 heavy (non-hydrogen) atoms. The van der Waals surface area contributed by atoms with Crippen molar-refractivity contribution in [1.29, 1.82) is 0 Å². The summed E-state index contributed by atoms with van der Waals surface area (Å²) in [7, 11) is 0. The smallest absolute Gasteiger partial charge is 0.104 e. The van der Waals surface area contributed by atoms with Gasteiger partial charge in [0.25, 0.3) is 0 Å². The summed E-state index contributed by atoms with van der Waals surface area (Å²) >= 11 is 0. The SMILES string of the molecule is C=C/C=C\C=C(/C)C(C)(O)/C(C)=C/C=C(\C=C)N1CCOCC1. The van der Waals surface area contributed by atoms with Gasteiger partial charge in [-0.1, -0.05) is 43.5 Å². The topological polar surface area (TPSA) is 32.7 Å². The molecule has 1 fully saturated rings. The highest BCUT2D eigenvalue weighted by molar-refractivity contribution is 5.35. The third kappa shape index (κ3) is 5.70. The fourth-order valence-corrected chi connectivity index (χ4v) is 2.25. The molecular weight excluding hydrogens is 286 g/mol. The highest BCUT2D eigenvalue weighted by atomic mass is 16.5. The van der Waals surface area contributed by atoms with Crippen molar-refractivity contribution >= 4 is 0 Å². The fraction of sp³-hybridized carbons (Fsp3) is 0.400. The van der Waals surface area contributed by atoms with Crippen LogP contribution in [0.25, 0.3) is 0 Å². The normalized spacial score (nSPS) is 20.5. The van der Waals surface area contributed by atoms with E-state index in [1.165, 1.54) is 0 Å². The first-order valence-electron chi connectivity index (χ1n) is 7.96. The first-order chi connectivity index (χ1) is 10.9. The molecule has 1 aliphatic rings. The number of hydrogen-bond acceptors (Lipinski definition) is 3. The number of aliphatic hydroxyl groups is 1. The average Bonchev–Trinajstić information content (AvgIpc) is 2.56. The standard InChI is InChI=1S/C20H29NO2/c1-6-8-9-10-17(3)20(5,22)18(4)11-12-19(7-2)21-13-15-23-16-14-21/h6-12,22H,1-2,13-16H2,3-5H3/b9-8-,17-10+,18-11+,19-12+. The Morgan fingerprint density at radius 2 is 1.65 bits per heavy atom. The van der Waals surface area contributed by atoms with Crippen molar-refractivity contribution in [2.75, 3.05) is 26.3 Å². The Kier molecular flexibility index (Phi) is 7.79. The van der Waals surface area contributed by atoms with Crippen LogP contribution in [0.15, 0.2) is 72.5 Å². The molecule has 0 bridgehead atoms. The van der Waals surface area contributed by atoms with E-state index in [0.717, 1.165) is 43.1 Å². The molecule has 1 atom stereocenters. The zero-order chi connectivity index (χ0) is 17.3. The summed E-state index contributed by atoms with van der Waals surface area (Å²) < 4.78 is 5.37. The van der Waals surface area contributed by atoms with Crippen LogP contribution in [0.3, 0.4) is 0 Å². The van der Waals surface area contributed by atoms with Gasteiger partial charge in [0, 0.05) is 18.8 Å². The number of rotatable bonds is 7. The lowest BCUT2D eigenvalue weighted by Crippen LogP contribution is -2.35. The van der Waals surface area contributed by atoms with E-state index in [1.54, 1.807) is 6.08 Å². The van der Waals surface area contributed by atoms with Crippen molar-refractivity contribution in [3.63, 3.8) is 0 Å². The maximum Gasteiger partial charge on any atom is 0.104 e. The molecule has 0 aromatic carbocycles. The first-order valence-corrected chi connectivity index (χ1v) is 7.96. The molecule has 1 N–H and O–H groups in total. The minimum Gasteiger partial charge on any atom is -0.381 e. The predicted octanol–water partition coefficient (Wildman–Crippen LogP) is 3.77. The van der Waals surface area contributed by atoms with Crippen molar-refractivity contribution in [3.05, 3.63) is 72.5 Å². The molecule has 1 rings (SSSR count). The Labute approximate surface area is 140 Å². The summed E-state index contributed by atoms with van der Waals surface area (Å²) in [6.45, 7) is 16.4. The van der Waals surface area contributed by atoms with Gasteiger partial charge in [-0.15, -0.1) is 0 Å². The Hall–Kier alpha value is -1.84. The van der Waals surface area contributed by atoms with Crippen molar-refractivity contribution in [2.45, 2.75) is 26.4 Å². The van der Waals surface area contributed by atoms with Crippen LogP contribution in [0.2, 0.25) is 0 Å². The van der Waals surface area contributed by atoms with E-state index in [-0.39, 0.29) is 0 Å². The Morgan fingerprint density at radius 3 is 2.22 bits per heavy atom. The first kappa shape index (κ1) is 19.2. The molecule has 1 saturated heterocycles. The highest BCUT2D eigenvalue weighted by Crippen LogP contribution is 2.25. The predicted molar refractivity (Wildman–Crippen MR) is 98.1 cm³/mol. The molecule has 0 amide bonds. The summed E-state index contributed by atoms with van der Waals surface area (Å²) in [6.07, 6.45) is 13.1. The molecule has 1 aliphatic heterocycles. The Bertz CT molecular complexity index is 530. The average molecular weight is 315 g/mol. The van der Waals surface area contributed by atoms with Crippen LogP contribution in [0.5, 0.6) is 0 Å². The summed E-state index contributed by atoms with van der Waals surface area (Å²) in [5.41, 5.74) is 1.83. The van der Waals surface area contributed by atoms with Crippen molar-refractivity contribution in [1.82, 2.24) is 4.90 Å². The number of morpholine rings is 1. The third-order valence-electron chi connectivity index (χ3n) is 4.22. The van der Waals surface area contributed by atoms with Gasteiger partial charge >= 0.3 is 0 Å². The van der Waals surface area contributed by atoms with Crippen molar-refractivity contribution in [2.24, 2.45) is 0 Å². The number of nitrogens with zero attached hydrogens (tertiary/aromatic N) is 1. The third-order valence-corrected chi connectivity index (χ3v) is 4.22. The Morgan fingerprint density at radius 1 is 1.04 bits per heavy atom. The molecular formula is C20H29NO2. The van der Waals surface area contributed by atoms with Crippen LogP contribution in [-0.4, -0.2) is 41.9 Å². The van der Waals surface area contributed by atoms with Gasteiger partial charge in [-0.25, -0.2) is 0 Å². The van der Waals surface area contributed by atoms with Gasteiger partial charge in [0.2, 0.25) is 0 Å². The summed E-state index contributed by atoms with van der Waals surface area (Å²) in [5, 5.41) is 10.8. The molecule has 1 unspecified atom stereocenters. The lowest BCUT2D eigenvalue weighted by molar-refractivity contribution is 0.0554. The van der Waals surface area contributed by atoms with E-state index in [4.69, 9.17) is 4.74 Å². The molecule has 0 radical (unpaired) electrons. The molecule has 0 aliphatic carbocycles. The number of ether oxygens (including phenoxy) is 1. The monoisotopic (exact) mass is 315 g/mol. The van der Waals surface area contributed by atoms with Gasteiger partial charge in [-0.2, -0.15) is 0 Å². The van der Waals surface area contributed by atoms with Gasteiger partial charge in [0.05, 0.1) is 13.2 Å². The molecule has 0 spiro atoms. The quantitative estimate of drug-likeness (QED) is 0.726. The fourth-order valence-electron chi connectivity index (χ4n) is 2.25. The van der Waals surface area contributed by atoms with E-state index < -0.39 is 5.60 Å². The van der Waals surface area contributed by atoms with Crippen LogP contribution in [0, 0.1) is 0 Å². The van der Waals surface area contributed by atoms with E-state index in [0.29, 0.717) is 0 Å². The highest BCUT2D eigenvalue weighted by Gasteiger charge is 2.24. The van der Waals surface area contributed by atoms with Gasteiger partial charge in [0.15, 0.2) is 0 Å². The summed E-state index contributed by atoms with van der Waals surface area (Å²) in [5.74, 6) is 0. The lowest BCUT2D eigenvalue weighted by atomic mass is 9.88. The van der Waals surface area contributed by atoms with E-state index >= 15 is 0 Å². The van der Waals surface area contributed by atoms with Gasteiger partial charge in [-0.3, -0.25) is 0 Å². The zero-order valence-electron chi connectivity index (χ0n) is 14.6. The molecule has 0 aromatic heterocycles. The number of hydrogen-bond donors (Lipinski definition) is 1. The van der Waals surface area contributed by atoms with Crippen molar-refractivity contribution in [3.8, 4) is 0 Å². The van der Waals surface area contributed by atoms with Gasteiger partial charge in [0.1, 0.15) is 5.60 Å². The zero-order valence-corrected chi connectivity index (χ0v) is 14.6. The lowest BCUT2D eigenvalue weighted by Gasteiger charge is -2.30. The minimum atomic E-state index is -0.987. The molecule has 1 heterocycles. The molecule has 3 heteroatoms.